The van der Waals surface area contributed by atoms with E-state index in [1.165, 1.54) is 7.11 Å². The van der Waals surface area contributed by atoms with Crippen molar-refractivity contribution >= 4 is 17.7 Å². The lowest BCUT2D eigenvalue weighted by Crippen LogP contribution is -2.28. The lowest BCUT2D eigenvalue weighted by atomic mass is 10.4. The number of esters is 1. The van der Waals surface area contributed by atoms with Crippen LogP contribution < -0.4 is 5.32 Å². The summed E-state index contributed by atoms with van der Waals surface area (Å²) in [5, 5.41) is 3.26. The maximum absolute atomic E-state index is 10.7. The van der Waals surface area contributed by atoms with Crippen molar-refractivity contribution in [2.45, 2.75) is 19.9 Å². The molecule has 0 aromatic rings. The third-order valence-electron chi connectivity index (χ3n) is 1.37. The number of carbonyl (C=O) groups is 1. The largest absolute Gasteiger partial charge is 0.468 e. The summed E-state index contributed by atoms with van der Waals surface area (Å²) in [7, 11) is 1.41. The van der Waals surface area contributed by atoms with E-state index in [0.29, 0.717) is 11.8 Å². The van der Waals surface area contributed by atoms with Gasteiger partial charge < -0.3 is 10.1 Å². The fraction of sp³-hybridized carbons (Fsp3) is 0.875. The molecule has 0 aromatic carbocycles. The van der Waals surface area contributed by atoms with Crippen molar-refractivity contribution in [2.75, 3.05) is 25.2 Å². The van der Waals surface area contributed by atoms with Crippen LogP contribution in [0.4, 0.5) is 0 Å². The minimum atomic E-state index is -0.149. The molecule has 4 heteroatoms. The molecule has 0 aliphatic rings. The molecule has 1 N–H and O–H groups in total. The van der Waals surface area contributed by atoms with Crippen LogP contribution in [-0.4, -0.2) is 37.2 Å². The summed E-state index contributed by atoms with van der Waals surface area (Å²) in [5.74, 6) is 1.25. The quantitative estimate of drug-likeness (QED) is 0.633. The molecule has 0 saturated heterocycles. The molecular formula is C8H17NO2S. The molecular weight excluding hydrogens is 174 g/mol. The van der Waals surface area contributed by atoms with E-state index < -0.39 is 0 Å². The van der Waals surface area contributed by atoms with Gasteiger partial charge in [0.05, 0.1) is 12.9 Å². The highest BCUT2D eigenvalue weighted by atomic mass is 32.2. The average Bonchev–Trinajstić information content (AvgIpc) is 2.04. The highest BCUT2D eigenvalue weighted by Crippen LogP contribution is 2.02. The van der Waals surface area contributed by atoms with Crippen LogP contribution in [0, 0.1) is 0 Å². The fourth-order valence-corrected chi connectivity index (χ4v) is 1.66. The minimum Gasteiger partial charge on any atom is -0.468 e. The van der Waals surface area contributed by atoms with Gasteiger partial charge in [0.15, 0.2) is 0 Å². The van der Waals surface area contributed by atoms with Crippen LogP contribution in [0.1, 0.15) is 13.8 Å². The molecule has 0 spiro atoms. The molecule has 12 heavy (non-hydrogen) atoms. The van der Waals surface area contributed by atoms with Gasteiger partial charge in [-0.1, -0.05) is 6.92 Å². The van der Waals surface area contributed by atoms with E-state index >= 15 is 0 Å². The number of nitrogens with one attached hydrogen (secondary N) is 1. The number of methoxy groups -OCH3 is 1. The van der Waals surface area contributed by atoms with Crippen molar-refractivity contribution in [3.63, 3.8) is 0 Å². The predicted molar refractivity (Wildman–Crippen MR) is 52.5 cm³/mol. The molecule has 0 saturated carbocycles. The summed E-state index contributed by atoms with van der Waals surface area (Å²) >= 11 is 1.60. The first-order chi connectivity index (χ1) is 5.70. The SMILES string of the molecule is CCNC(C)CSCC(=O)OC. The number of hydrogen-bond acceptors (Lipinski definition) is 4. The number of thioether (sulfide) groups is 1. The molecule has 0 heterocycles. The van der Waals surface area contributed by atoms with Crippen LogP contribution in [0.3, 0.4) is 0 Å². The van der Waals surface area contributed by atoms with Gasteiger partial charge in [-0.25, -0.2) is 0 Å². The molecule has 3 nitrogen and oxygen atoms in total. The Balaban J connectivity index is 3.24. The van der Waals surface area contributed by atoms with Crippen molar-refractivity contribution in [1.82, 2.24) is 5.32 Å². The zero-order valence-corrected chi connectivity index (χ0v) is 8.74. The number of hydrogen-bond donors (Lipinski definition) is 1. The Bertz CT molecular complexity index is 130. The second-order valence-corrected chi connectivity index (χ2v) is 3.58. The third kappa shape index (κ3) is 6.49. The third-order valence-corrected chi connectivity index (χ3v) is 2.54. The van der Waals surface area contributed by atoms with Crippen molar-refractivity contribution in [3.8, 4) is 0 Å². The van der Waals surface area contributed by atoms with Crippen LogP contribution in [0.5, 0.6) is 0 Å². The summed E-state index contributed by atoms with van der Waals surface area (Å²) < 4.78 is 4.51. The zero-order chi connectivity index (χ0) is 9.40. The molecule has 0 aromatic heterocycles. The van der Waals surface area contributed by atoms with Crippen molar-refractivity contribution in [3.05, 3.63) is 0 Å². The van der Waals surface area contributed by atoms with Crippen LogP contribution in [0.2, 0.25) is 0 Å². The molecule has 0 fully saturated rings. The summed E-state index contributed by atoms with van der Waals surface area (Å²) in [6.07, 6.45) is 0. The lowest BCUT2D eigenvalue weighted by molar-refractivity contribution is -0.137. The van der Waals surface area contributed by atoms with Crippen molar-refractivity contribution in [1.29, 1.82) is 0 Å². The minimum absolute atomic E-state index is 0.149. The Morgan fingerprint density at radius 1 is 1.67 bits per heavy atom. The summed E-state index contributed by atoms with van der Waals surface area (Å²) in [6, 6.07) is 0.463. The first kappa shape index (κ1) is 11.8. The predicted octanol–water partition coefficient (Wildman–Crippen LogP) is 0.891. The normalized spacial score (nSPS) is 12.6. The monoisotopic (exact) mass is 191 g/mol. The topological polar surface area (TPSA) is 38.3 Å². The van der Waals surface area contributed by atoms with Crippen LogP contribution >= 0.6 is 11.8 Å². The average molecular weight is 191 g/mol. The van der Waals surface area contributed by atoms with E-state index in [1.807, 2.05) is 0 Å². The number of ether oxygens (including phenoxy) is 1. The van der Waals surface area contributed by atoms with Gasteiger partial charge in [0, 0.05) is 11.8 Å². The van der Waals surface area contributed by atoms with E-state index in [2.05, 4.69) is 23.9 Å². The Morgan fingerprint density at radius 3 is 2.83 bits per heavy atom. The van der Waals surface area contributed by atoms with Gasteiger partial charge in [-0.05, 0) is 13.5 Å². The summed E-state index contributed by atoms with van der Waals surface area (Å²) in [4.78, 5) is 10.7. The first-order valence-electron chi connectivity index (χ1n) is 4.08. The molecule has 0 radical (unpaired) electrons. The smallest absolute Gasteiger partial charge is 0.315 e. The standard InChI is InChI=1S/C8H17NO2S/c1-4-9-7(2)5-12-6-8(10)11-3/h7,9H,4-6H2,1-3H3. The maximum Gasteiger partial charge on any atom is 0.315 e. The van der Waals surface area contributed by atoms with Gasteiger partial charge in [0.1, 0.15) is 0 Å². The van der Waals surface area contributed by atoms with Crippen LogP contribution in [-0.2, 0) is 9.53 Å². The molecule has 0 aliphatic heterocycles. The van der Waals surface area contributed by atoms with Crippen LogP contribution in [0.15, 0.2) is 0 Å². The van der Waals surface area contributed by atoms with Gasteiger partial charge in [-0.3, -0.25) is 4.79 Å². The molecule has 0 bridgehead atoms. The van der Waals surface area contributed by atoms with Crippen molar-refractivity contribution < 1.29 is 9.53 Å². The van der Waals surface area contributed by atoms with E-state index in [-0.39, 0.29) is 5.97 Å². The first-order valence-corrected chi connectivity index (χ1v) is 5.24. The van der Waals surface area contributed by atoms with Gasteiger partial charge in [0.25, 0.3) is 0 Å². The second kappa shape index (κ2) is 7.43. The molecule has 1 atom stereocenters. The molecule has 72 valence electrons. The van der Waals surface area contributed by atoms with Crippen LogP contribution in [0.25, 0.3) is 0 Å². The summed E-state index contributed by atoms with van der Waals surface area (Å²) in [5.41, 5.74) is 0. The van der Waals surface area contributed by atoms with Gasteiger partial charge >= 0.3 is 5.97 Å². The Kier molecular flexibility index (Phi) is 7.29. The second-order valence-electron chi connectivity index (χ2n) is 2.55. The van der Waals surface area contributed by atoms with Gasteiger partial charge in [-0.15, -0.1) is 11.8 Å². The maximum atomic E-state index is 10.7. The van der Waals surface area contributed by atoms with Crippen molar-refractivity contribution in [2.24, 2.45) is 0 Å². The van der Waals surface area contributed by atoms with E-state index in [1.54, 1.807) is 11.8 Å². The van der Waals surface area contributed by atoms with E-state index in [0.717, 1.165) is 12.3 Å². The van der Waals surface area contributed by atoms with Gasteiger partial charge in [0.2, 0.25) is 0 Å². The van der Waals surface area contributed by atoms with E-state index in [4.69, 9.17) is 0 Å². The number of carbonyl (C=O) groups excluding carboxylic acids is 1. The summed E-state index contributed by atoms with van der Waals surface area (Å²) in [6.45, 7) is 5.15. The number of rotatable bonds is 6. The molecule has 0 rings (SSSR count). The van der Waals surface area contributed by atoms with Gasteiger partial charge in [-0.2, -0.15) is 0 Å². The Hall–Kier alpha value is -0.220. The highest BCUT2D eigenvalue weighted by Gasteiger charge is 2.03. The van der Waals surface area contributed by atoms with E-state index in [9.17, 15) is 4.79 Å². The lowest BCUT2D eigenvalue weighted by Gasteiger charge is -2.10. The molecule has 0 amide bonds. The Labute approximate surface area is 78.2 Å². The molecule has 0 aliphatic carbocycles. The zero-order valence-electron chi connectivity index (χ0n) is 7.92. The fourth-order valence-electron chi connectivity index (χ4n) is 0.785. The molecule has 1 unspecified atom stereocenters. The Morgan fingerprint density at radius 2 is 2.33 bits per heavy atom. The highest BCUT2D eigenvalue weighted by molar-refractivity contribution is 7.99.